The van der Waals surface area contributed by atoms with Crippen LogP contribution in [0.2, 0.25) is 0 Å². The van der Waals surface area contributed by atoms with Gasteiger partial charge in [-0.2, -0.15) is 0 Å². The third-order valence-corrected chi connectivity index (χ3v) is 9.36. The summed E-state index contributed by atoms with van der Waals surface area (Å²) >= 11 is 0. The molecule has 4 aromatic carbocycles. The average molecular weight is 617 g/mol. The molecular formula is C35H34F2N2O4S. The summed E-state index contributed by atoms with van der Waals surface area (Å²) in [6.07, 6.45) is -0.679. The molecule has 1 amide bonds. The summed E-state index contributed by atoms with van der Waals surface area (Å²) in [5.41, 5.74) is -2.15. The van der Waals surface area contributed by atoms with E-state index in [9.17, 15) is 9.00 Å². The van der Waals surface area contributed by atoms with Crippen molar-refractivity contribution in [2.24, 2.45) is 0 Å². The van der Waals surface area contributed by atoms with Gasteiger partial charge in [0.25, 0.3) is 5.91 Å². The standard InChI is InChI=1S/C35H34F2N2O4S/c1-5-43-30(40)23-34(38-44(42)33(2,3)4)31-28(37)21-27(36)22-29(31)39(32(34)41)35(24-15-9-6-10-16-24,25-17-11-7-12-18-25)26-19-13-8-14-20-26/h6-22,38H,5,23H2,1-4H3/t34-,44?/m0/s1. The van der Waals surface area contributed by atoms with Crippen molar-refractivity contribution >= 4 is 28.5 Å². The molecule has 0 aromatic heterocycles. The van der Waals surface area contributed by atoms with Gasteiger partial charge in [-0.05, 0) is 50.5 Å². The maximum atomic E-state index is 16.3. The minimum atomic E-state index is -2.19. The molecule has 4 aromatic rings. The first-order chi connectivity index (χ1) is 21.0. The molecule has 1 N–H and O–H groups in total. The van der Waals surface area contributed by atoms with Gasteiger partial charge in [-0.3, -0.25) is 14.5 Å². The molecule has 0 saturated carbocycles. The Morgan fingerprint density at radius 3 is 1.77 bits per heavy atom. The number of nitrogens with zero attached hydrogens (tertiary/aromatic N) is 1. The predicted octanol–water partition coefficient (Wildman–Crippen LogP) is 6.50. The molecule has 2 atom stereocenters. The van der Waals surface area contributed by atoms with Gasteiger partial charge in [-0.1, -0.05) is 91.0 Å². The van der Waals surface area contributed by atoms with Crippen LogP contribution >= 0.6 is 0 Å². The Labute approximate surface area is 258 Å². The van der Waals surface area contributed by atoms with Gasteiger partial charge in [0.2, 0.25) is 0 Å². The Hall–Kier alpha value is -4.21. The lowest BCUT2D eigenvalue weighted by Gasteiger charge is -2.44. The Morgan fingerprint density at radius 1 is 0.864 bits per heavy atom. The molecule has 0 fully saturated rings. The molecule has 1 unspecified atom stereocenters. The second-order valence-corrected chi connectivity index (χ2v) is 13.6. The van der Waals surface area contributed by atoms with E-state index in [1.54, 1.807) is 27.7 Å². The van der Waals surface area contributed by atoms with E-state index in [2.05, 4.69) is 4.72 Å². The van der Waals surface area contributed by atoms with Gasteiger partial charge in [0.15, 0.2) is 5.54 Å². The number of nitrogens with one attached hydrogen (secondary N) is 1. The number of hydrogen-bond donors (Lipinski definition) is 1. The zero-order valence-corrected chi connectivity index (χ0v) is 25.8. The second-order valence-electron chi connectivity index (χ2n) is 11.6. The van der Waals surface area contributed by atoms with Crippen LogP contribution in [0.1, 0.15) is 56.4 Å². The van der Waals surface area contributed by atoms with E-state index in [-0.39, 0.29) is 17.9 Å². The third-order valence-electron chi connectivity index (χ3n) is 7.72. The van der Waals surface area contributed by atoms with Crippen molar-refractivity contribution in [1.82, 2.24) is 4.72 Å². The minimum absolute atomic E-state index is 0.00984. The number of anilines is 1. The molecule has 1 aliphatic rings. The Bertz CT molecular complexity index is 1600. The quantitative estimate of drug-likeness (QED) is 0.172. The van der Waals surface area contributed by atoms with E-state index < -0.39 is 56.7 Å². The SMILES string of the molecule is CCOC(=O)C[C@@]1(NS(=O)C(C)(C)C)C(=O)N(C(c2ccccc2)(c2ccccc2)c2ccccc2)c2cc(F)cc(F)c21. The van der Waals surface area contributed by atoms with Gasteiger partial charge in [-0.15, -0.1) is 0 Å². The maximum Gasteiger partial charge on any atom is 0.308 e. The molecule has 0 bridgehead atoms. The van der Waals surface area contributed by atoms with E-state index in [1.807, 2.05) is 91.0 Å². The fourth-order valence-electron chi connectivity index (χ4n) is 5.86. The third kappa shape index (κ3) is 5.24. The van der Waals surface area contributed by atoms with Gasteiger partial charge in [0.1, 0.15) is 17.2 Å². The van der Waals surface area contributed by atoms with Crippen LogP contribution in [-0.2, 0) is 36.4 Å². The number of esters is 1. The number of carbonyl (C=O) groups excluding carboxylic acids is 2. The van der Waals surface area contributed by atoms with Crippen LogP contribution in [0.3, 0.4) is 0 Å². The second kappa shape index (κ2) is 12.1. The largest absolute Gasteiger partial charge is 0.466 e. The fraction of sp³-hybridized carbons (Fsp3) is 0.257. The van der Waals surface area contributed by atoms with Gasteiger partial charge in [-0.25, -0.2) is 17.7 Å². The molecule has 0 saturated heterocycles. The molecule has 44 heavy (non-hydrogen) atoms. The normalized spacial score (nSPS) is 17.3. The number of benzene rings is 4. The fourth-order valence-corrected chi connectivity index (χ4v) is 6.74. The van der Waals surface area contributed by atoms with Crippen LogP contribution in [0.15, 0.2) is 103 Å². The van der Waals surface area contributed by atoms with Crippen molar-refractivity contribution < 1.29 is 27.3 Å². The van der Waals surface area contributed by atoms with Crippen molar-refractivity contribution in [2.75, 3.05) is 11.5 Å². The van der Waals surface area contributed by atoms with E-state index in [0.717, 1.165) is 6.07 Å². The highest BCUT2D eigenvalue weighted by molar-refractivity contribution is 7.84. The molecule has 0 radical (unpaired) electrons. The summed E-state index contributed by atoms with van der Waals surface area (Å²) in [7, 11) is -1.97. The molecular weight excluding hydrogens is 582 g/mol. The van der Waals surface area contributed by atoms with Crippen molar-refractivity contribution in [3.8, 4) is 0 Å². The summed E-state index contributed by atoms with van der Waals surface area (Å²) in [4.78, 5) is 29.9. The van der Waals surface area contributed by atoms with Crippen molar-refractivity contribution in [2.45, 2.75) is 49.9 Å². The number of rotatable bonds is 9. The van der Waals surface area contributed by atoms with Crippen LogP contribution in [0, 0.1) is 11.6 Å². The number of carbonyl (C=O) groups is 2. The van der Waals surface area contributed by atoms with Crippen molar-refractivity contribution in [3.63, 3.8) is 0 Å². The minimum Gasteiger partial charge on any atom is -0.466 e. The predicted molar refractivity (Wildman–Crippen MR) is 167 cm³/mol. The summed E-state index contributed by atoms with van der Waals surface area (Å²) < 4.78 is 52.5. The molecule has 9 heteroatoms. The zero-order chi connectivity index (χ0) is 31.7. The number of ether oxygens (including phenoxy) is 1. The first-order valence-electron chi connectivity index (χ1n) is 14.3. The molecule has 228 valence electrons. The topological polar surface area (TPSA) is 75.7 Å². The Morgan fingerprint density at radius 2 is 1.34 bits per heavy atom. The Balaban J connectivity index is 1.94. The van der Waals surface area contributed by atoms with Crippen molar-refractivity contribution in [3.05, 3.63) is 137 Å². The van der Waals surface area contributed by atoms with E-state index in [1.165, 1.54) is 4.90 Å². The summed E-state index contributed by atoms with van der Waals surface area (Å²) in [5.74, 6) is -3.55. The first kappa shape index (κ1) is 31.2. The maximum absolute atomic E-state index is 16.3. The highest BCUT2D eigenvalue weighted by Gasteiger charge is 2.61. The lowest BCUT2D eigenvalue weighted by molar-refractivity contribution is -0.147. The van der Waals surface area contributed by atoms with E-state index in [4.69, 9.17) is 4.74 Å². The first-order valence-corrected chi connectivity index (χ1v) is 15.5. The number of halogens is 2. The summed E-state index contributed by atoms with van der Waals surface area (Å²) in [6, 6.07) is 29.3. The number of amides is 1. The zero-order valence-electron chi connectivity index (χ0n) is 25.0. The van der Waals surface area contributed by atoms with Crippen LogP contribution in [0.4, 0.5) is 14.5 Å². The lowest BCUT2D eigenvalue weighted by Crippen LogP contribution is -2.59. The summed E-state index contributed by atoms with van der Waals surface area (Å²) in [5, 5.41) is 0. The number of hydrogen-bond acceptors (Lipinski definition) is 4. The highest BCUT2D eigenvalue weighted by atomic mass is 32.2. The molecule has 0 spiro atoms. The summed E-state index contributed by atoms with van der Waals surface area (Å²) in [6.45, 7) is 6.69. The average Bonchev–Trinajstić information content (AvgIpc) is 3.22. The lowest BCUT2D eigenvalue weighted by atomic mass is 9.75. The molecule has 6 nitrogen and oxygen atoms in total. The number of fused-ring (bicyclic) bond motifs is 1. The van der Waals surface area contributed by atoms with Crippen molar-refractivity contribution in [1.29, 1.82) is 0 Å². The van der Waals surface area contributed by atoms with Crippen LogP contribution in [0.5, 0.6) is 0 Å². The van der Waals surface area contributed by atoms with Gasteiger partial charge in [0.05, 0.1) is 34.4 Å². The molecule has 1 aliphatic heterocycles. The van der Waals surface area contributed by atoms with E-state index >= 15 is 13.6 Å². The van der Waals surface area contributed by atoms with Gasteiger partial charge in [0, 0.05) is 11.6 Å². The Kier molecular flexibility index (Phi) is 8.55. The smallest absolute Gasteiger partial charge is 0.308 e. The molecule has 1 heterocycles. The molecule has 0 aliphatic carbocycles. The van der Waals surface area contributed by atoms with Gasteiger partial charge < -0.3 is 4.74 Å². The van der Waals surface area contributed by atoms with Crippen LogP contribution in [-0.4, -0.2) is 27.4 Å². The monoisotopic (exact) mass is 616 g/mol. The van der Waals surface area contributed by atoms with Crippen LogP contribution < -0.4 is 9.62 Å². The van der Waals surface area contributed by atoms with Crippen LogP contribution in [0.25, 0.3) is 0 Å². The van der Waals surface area contributed by atoms with Gasteiger partial charge >= 0.3 is 5.97 Å². The molecule has 5 rings (SSSR count). The highest BCUT2D eigenvalue weighted by Crippen LogP contribution is 2.54. The van der Waals surface area contributed by atoms with E-state index in [0.29, 0.717) is 22.8 Å².